The summed E-state index contributed by atoms with van der Waals surface area (Å²) in [5, 5.41) is 9.27. The Morgan fingerprint density at radius 3 is 2.54 bits per heavy atom. The third-order valence-electron chi connectivity index (χ3n) is 9.32. The number of allylic oxidation sites excluding steroid dienone is 4. The van der Waals surface area contributed by atoms with Gasteiger partial charge in [0, 0.05) is 18.3 Å². The van der Waals surface area contributed by atoms with E-state index in [1.165, 1.54) is 5.57 Å². The molecule has 0 amide bonds. The molecule has 0 aliphatic heterocycles. The van der Waals surface area contributed by atoms with E-state index in [1.54, 1.807) is 6.92 Å². The Hall–Kier alpha value is -1.71. The van der Waals surface area contributed by atoms with Crippen molar-refractivity contribution in [2.75, 3.05) is 0 Å². The highest BCUT2D eigenvalue weighted by atomic mass is 16.4. The standard InChI is InChI=1S/C24H32O4/c1-15(25)24(13-9-21(27)28)12-8-20-18-5-4-16-14-17(26)6-10-22(16,2)19(18)7-11-23(20,24)3/h4-5,14,18-20H,6-13H2,1-3H3,(H,27,28)/t18-,19+,20+,22-,23+,24+/m1/s1. The number of Topliss-reactive ketones (excluding diaryl/α,β-unsaturated/α-hetero) is 1. The predicted octanol–water partition coefficient (Wildman–Crippen LogP) is 4.73. The number of carboxylic acid groups (broad SMARTS) is 1. The lowest BCUT2D eigenvalue weighted by Gasteiger charge is -2.58. The van der Waals surface area contributed by atoms with E-state index in [4.69, 9.17) is 0 Å². The van der Waals surface area contributed by atoms with Gasteiger partial charge in [-0.2, -0.15) is 0 Å². The Morgan fingerprint density at radius 2 is 1.86 bits per heavy atom. The molecule has 4 aliphatic carbocycles. The minimum absolute atomic E-state index is 0.0528. The van der Waals surface area contributed by atoms with Crippen LogP contribution in [0.1, 0.15) is 72.1 Å². The molecule has 0 aromatic heterocycles. The average molecular weight is 385 g/mol. The lowest BCUT2D eigenvalue weighted by Crippen LogP contribution is -2.53. The number of carbonyl (C=O) groups excluding carboxylic acids is 2. The molecule has 152 valence electrons. The molecule has 1 N–H and O–H groups in total. The Labute approximate surface area is 167 Å². The van der Waals surface area contributed by atoms with Crippen molar-refractivity contribution in [3.63, 3.8) is 0 Å². The number of hydrogen-bond acceptors (Lipinski definition) is 3. The van der Waals surface area contributed by atoms with Gasteiger partial charge in [0.2, 0.25) is 0 Å². The number of hydrogen-bond donors (Lipinski definition) is 1. The first-order valence-corrected chi connectivity index (χ1v) is 10.8. The van der Waals surface area contributed by atoms with Crippen molar-refractivity contribution in [1.82, 2.24) is 0 Å². The third-order valence-corrected chi connectivity index (χ3v) is 9.32. The zero-order chi connectivity index (χ0) is 20.3. The molecule has 6 atom stereocenters. The predicted molar refractivity (Wildman–Crippen MR) is 107 cm³/mol. The quantitative estimate of drug-likeness (QED) is 0.760. The molecule has 4 aliphatic rings. The van der Waals surface area contributed by atoms with Crippen LogP contribution in [0.15, 0.2) is 23.8 Å². The summed E-state index contributed by atoms with van der Waals surface area (Å²) in [4.78, 5) is 36.1. The summed E-state index contributed by atoms with van der Waals surface area (Å²) in [5.74, 6) is 0.940. The fraction of sp³-hybridized carbons (Fsp3) is 0.708. The molecule has 2 fully saturated rings. The topological polar surface area (TPSA) is 71.4 Å². The van der Waals surface area contributed by atoms with Crippen molar-refractivity contribution in [2.45, 2.75) is 72.1 Å². The second kappa shape index (κ2) is 6.40. The summed E-state index contributed by atoms with van der Waals surface area (Å²) < 4.78 is 0. The number of carboxylic acids is 1. The van der Waals surface area contributed by atoms with Crippen molar-refractivity contribution in [2.24, 2.45) is 34.0 Å². The van der Waals surface area contributed by atoms with Crippen molar-refractivity contribution < 1.29 is 19.5 Å². The molecule has 0 unspecified atom stereocenters. The van der Waals surface area contributed by atoms with Gasteiger partial charge in [0.15, 0.2) is 5.78 Å². The second-order valence-corrected chi connectivity index (χ2v) is 10.2. The van der Waals surface area contributed by atoms with Gasteiger partial charge in [-0.25, -0.2) is 0 Å². The van der Waals surface area contributed by atoms with Crippen LogP contribution in [0, 0.1) is 34.0 Å². The molecular formula is C24H32O4. The monoisotopic (exact) mass is 384 g/mol. The Balaban J connectivity index is 1.71. The van der Waals surface area contributed by atoms with Crippen LogP contribution in [0.2, 0.25) is 0 Å². The molecule has 0 heterocycles. The lowest BCUT2D eigenvalue weighted by molar-refractivity contribution is -0.144. The highest BCUT2D eigenvalue weighted by molar-refractivity contribution is 5.92. The highest BCUT2D eigenvalue weighted by Gasteiger charge is 2.64. The van der Waals surface area contributed by atoms with E-state index >= 15 is 0 Å². The van der Waals surface area contributed by atoms with Crippen LogP contribution in [0.4, 0.5) is 0 Å². The smallest absolute Gasteiger partial charge is 0.303 e. The summed E-state index contributed by atoms with van der Waals surface area (Å²) >= 11 is 0. The van der Waals surface area contributed by atoms with Crippen LogP contribution in [0.25, 0.3) is 0 Å². The molecule has 0 aromatic rings. The maximum atomic E-state index is 12.9. The summed E-state index contributed by atoms with van der Waals surface area (Å²) in [6, 6.07) is 0. The van der Waals surface area contributed by atoms with Crippen molar-refractivity contribution in [3.05, 3.63) is 23.8 Å². The fourth-order valence-electron chi connectivity index (χ4n) is 7.62. The number of carbonyl (C=O) groups is 3. The first-order valence-electron chi connectivity index (χ1n) is 10.8. The van der Waals surface area contributed by atoms with Gasteiger partial charge < -0.3 is 5.11 Å². The molecule has 4 heteroatoms. The molecular weight excluding hydrogens is 352 g/mol. The molecule has 0 aromatic carbocycles. The second-order valence-electron chi connectivity index (χ2n) is 10.2. The molecule has 4 nitrogen and oxygen atoms in total. The van der Waals surface area contributed by atoms with Crippen molar-refractivity contribution in [1.29, 1.82) is 0 Å². The van der Waals surface area contributed by atoms with Crippen LogP contribution in [-0.2, 0) is 14.4 Å². The molecule has 0 bridgehead atoms. The normalized spacial score (nSPS) is 44.3. The van der Waals surface area contributed by atoms with E-state index in [0.29, 0.717) is 30.6 Å². The maximum Gasteiger partial charge on any atom is 0.303 e. The molecule has 0 saturated heterocycles. The summed E-state index contributed by atoms with van der Waals surface area (Å²) in [5.41, 5.74) is 0.600. The number of ketones is 2. The summed E-state index contributed by atoms with van der Waals surface area (Å²) in [6.45, 7) is 6.26. The van der Waals surface area contributed by atoms with E-state index in [-0.39, 0.29) is 28.8 Å². The van der Waals surface area contributed by atoms with Gasteiger partial charge in [-0.05, 0) is 85.7 Å². The first-order chi connectivity index (χ1) is 13.1. The van der Waals surface area contributed by atoms with Gasteiger partial charge in [-0.1, -0.05) is 26.0 Å². The Kier molecular flexibility index (Phi) is 4.48. The minimum atomic E-state index is -0.812. The van der Waals surface area contributed by atoms with Gasteiger partial charge in [0.25, 0.3) is 0 Å². The van der Waals surface area contributed by atoms with Crippen LogP contribution >= 0.6 is 0 Å². The summed E-state index contributed by atoms with van der Waals surface area (Å²) in [6.07, 6.45) is 12.3. The van der Waals surface area contributed by atoms with Gasteiger partial charge >= 0.3 is 5.97 Å². The van der Waals surface area contributed by atoms with Crippen LogP contribution < -0.4 is 0 Å². The number of fused-ring (bicyclic) bond motifs is 5. The number of aliphatic carboxylic acids is 1. The first kappa shape index (κ1) is 19.6. The molecule has 2 saturated carbocycles. The zero-order valence-corrected chi connectivity index (χ0v) is 17.3. The highest BCUT2D eigenvalue weighted by Crippen LogP contribution is 2.70. The lowest BCUT2D eigenvalue weighted by atomic mass is 9.46. The zero-order valence-electron chi connectivity index (χ0n) is 17.3. The molecule has 0 radical (unpaired) electrons. The van der Waals surface area contributed by atoms with Crippen LogP contribution in [0.3, 0.4) is 0 Å². The largest absolute Gasteiger partial charge is 0.481 e. The maximum absolute atomic E-state index is 12.9. The van der Waals surface area contributed by atoms with E-state index in [0.717, 1.165) is 32.1 Å². The van der Waals surface area contributed by atoms with E-state index in [1.807, 2.05) is 6.08 Å². The van der Waals surface area contributed by atoms with Gasteiger partial charge in [-0.15, -0.1) is 0 Å². The number of rotatable bonds is 4. The third kappa shape index (κ3) is 2.52. The van der Waals surface area contributed by atoms with E-state index in [2.05, 4.69) is 26.0 Å². The SMILES string of the molecule is CC(=O)[C@@]1(CCC(=O)O)CC[C@H]2[C@@H]3C=CC4=CC(=O)CC[C@@]4(C)[C@H]3CC[C@@]21C. The molecule has 28 heavy (non-hydrogen) atoms. The van der Waals surface area contributed by atoms with E-state index in [9.17, 15) is 19.5 Å². The van der Waals surface area contributed by atoms with E-state index < -0.39 is 11.4 Å². The van der Waals surface area contributed by atoms with Crippen LogP contribution in [0.5, 0.6) is 0 Å². The van der Waals surface area contributed by atoms with Crippen molar-refractivity contribution in [3.8, 4) is 0 Å². The van der Waals surface area contributed by atoms with Crippen LogP contribution in [-0.4, -0.2) is 22.6 Å². The van der Waals surface area contributed by atoms with Gasteiger partial charge in [-0.3, -0.25) is 14.4 Å². The molecule has 4 rings (SSSR count). The van der Waals surface area contributed by atoms with Gasteiger partial charge in [0.1, 0.15) is 5.78 Å². The Morgan fingerprint density at radius 1 is 1.14 bits per heavy atom. The summed E-state index contributed by atoms with van der Waals surface area (Å²) in [7, 11) is 0. The minimum Gasteiger partial charge on any atom is -0.481 e. The van der Waals surface area contributed by atoms with Crippen molar-refractivity contribution >= 4 is 17.5 Å². The molecule has 0 spiro atoms. The Bertz CT molecular complexity index is 792. The fourth-order valence-corrected chi connectivity index (χ4v) is 7.62. The average Bonchev–Trinajstić information content (AvgIpc) is 2.94. The van der Waals surface area contributed by atoms with Gasteiger partial charge in [0.05, 0.1) is 0 Å².